The molecular formula is C14H11BrN2O4. The van der Waals surface area contributed by atoms with Crippen LogP contribution in [0.1, 0.15) is 15.9 Å². The highest BCUT2D eigenvalue weighted by molar-refractivity contribution is 9.08. The van der Waals surface area contributed by atoms with E-state index in [1.807, 2.05) is 0 Å². The molecule has 0 aliphatic carbocycles. The Balaban J connectivity index is 2.17. The van der Waals surface area contributed by atoms with Crippen LogP contribution in [0.25, 0.3) is 0 Å². The van der Waals surface area contributed by atoms with Crippen molar-refractivity contribution >= 4 is 33.2 Å². The van der Waals surface area contributed by atoms with Crippen molar-refractivity contribution in [1.29, 1.82) is 0 Å². The highest BCUT2D eigenvalue weighted by Crippen LogP contribution is 2.28. The van der Waals surface area contributed by atoms with Crippen molar-refractivity contribution in [2.24, 2.45) is 0 Å². The van der Waals surface area contributed by atoms with E-state index in [-0.39, 0.29) is 17.1 Å². The molecule has 0 radical (unpaired) electrons. The third-order valence-corrected chi connectivity index (χ3v) is 3.46. The van der Waals surface area contributed by atoms with Crippen molar-refractivity contribution in [3.8, 4) is 5.75 Å². The number of nitrogens with one attached hydrogen (secondary N) is 1. The predicted molar refractivity (Wildman–Crippen MR) is 81.8 cm³/mol. The molecule has 0 fully saturated rings. The Labute approximate surface area is 128 Å². The number of rotatable bonds is 4. The topological polar surface area (TPSA) is 92.5 Å². The molecule has 0 saturated heterocycles. The van der Waals surface area contributed by atoms with E-state index in [9.17, 15) is 20.0 Å². The Morgan fingerprint density at radius 1 is 1.24 bits per heavy atom. The first-order valence-corrected chi connectivity index (χ1v) is 7.07. The van der Waals surface area contributed by atoms with Crippen LogP contribution in [0, 0.1) is 10.1 Å². The first-order chi connectivity index (χ1) is 10.0. The number of hydrogen-bond donors (Lipinski definition) is 2. The fourth-order valence-corrected chi connectivity index (χ4v) is 2.05. The molecule has 0 aromatic heterocycles. The summed E-state index contributed by atoms with van der Waals surface area (Å²) in [6.45, 7) is 0. The number of halogens is 1. The van der Waals surface area contributed by atoms with Crippen molar-refractivity contribution in [2.75, 3.05) is 5.32 Å². The Kier molecular flexibility index (Phi) is 4.54. The van der Waals surface area contributed by atoms with Crippen molar-refractivity contribution in [2.45, 2.75) is 5.33 Å². The molecule has 0 atom stereocenters. The number of phenolic OH excluding ortho intramolecular Hbond substituents is 1. The van der Waals surface area contributed by atoms with E-state index < -0.39 is 10.8 Å². The molecule has 1 amide bonds. The van der Waals surface area contributed by atoms with E-state index >= 15 is 0 Å². The number of amides is 1. The summed E-state index contributed by atoms with van der Waals surface area (Å²) in [5.41, 5.74) is 1.34. The molecule has 0 aliphatic heterocycles. The second kappa shape index (κ2) is 6.36. The number of aromatic hydroxyl groups is 1. The van der Waals surface area contributed by atoms with Gasteiger partial charge in [0.25, 0.3) is 11.6 Å². The van der Waals surface area contributed by atoms with Crippen LogP contribution in [-0.4, -0.2) is 15.9 Å². The van der Waals surface area contributed by atoms with Crippen molar-refractivity contribution in [3.05, 3.63) is 63.7 Å². The number of hydrogen-bond acceptors (Lipinski definition) is 4. The third kappa shape index (κ3) is 3.57. The van der Waals surface area contributed by atoms with Crippen LogP contribution >= 0.6 is 15.9 Å². The molecule has 0 spiro atoms. The van der Waals surface area contributed by atoms with Crippen LogP contribution in [0.5, 0.6) is 5.75 Å². The molecule has 2 aromatic carbocycles. The van der Waals surface area contributed by atoms with E-state index in [2.05, 4.69) is 21.2 Å². The zero-order valence-electron chi connectivity index (χ0n) is 10.7. The number of nitro benzene ring substituents is 1. The highest BCUT2D eigenvalue weighted by atomic mass is 79.9. The van der Waals surface area contributed by atoms with Gasteiger partial charge in [0.05, 0.1) is 16.7 Å². The number of alkyl halides is 1. The second-order valence-corrected chi connectivity index (χ2v) is 4.80. The van der Waals surface area contributed by atoms with Crippen LogP contribution in [0.3, 0.4) is 0 Å². The lowest BCUT2D eigenvalue weighted by molar-refractivity contribution is -0.384. The summed E-state index contributed by atoms with van der Waals surface area (Å²) in [6.07, 6.45) is 0. The minimum Gasteiger partial charge on any atom is -0.506 e. The second-order valence-electron chi connectivity index (χ2n) is 4.24. The summed E-state index contributed by atoms with van der Waals surface area (Å²) in [5.74, 6) is -0.755. The Morgan fingerprint density at radius 2 is 1.90 bits per heavy atom. The Hall–Kier alpha value is -2.41. The van der Waals surface area contributed by atoms with Gasteiger partial charge in [-0.1, -0.05) is 28.1 Å². The number of carbonyl (C=O) groups is 1. The summed E-state index contributed by atoms with van der Waals surface area (Å²) >= 11 is 3.31. The van der Waals surface area contributed by atoms with Crippen LogP contribution in [-0.2, 0) is 5.33 Å². The molecule has 0 saturated carbocycles. The van der Waals surface area contributed by atoms with Gasteiger partial charge in [-0.2, -0.15) is 0 Å². The molecular weight excluding hydrogens is 340 g/mol. The van der Waals surface area contributed by atoms with Crippen LogP contribution in [0.4, 0.5) is 11.4 Å². The number of carbonyl (C=O) groups excluding carboxylic acids is 1. The van der Waals surface area contributed by atoms with Gasteiger partial charge >= 0.3 is 0 Å². The van der Waals surface area contributed by atoms with Crippen LogP contribution < -0.4 is 5.32 Å². The largest absolute Gasteiger partial charge is 0.506 e. The van der Waals surface area contributed by atoms with Gasteiger partial charge in [-0.3, -0.25) is 14.9 Å². The highest BCUT2D eigenvalue weighted by Gasteiger charge is 2.13. The number of anilines is 1. The molecule has 21 heavy (non-hydrogen) atoms. The summed E-state index contributed by atoms with van der Waals surface area (Å²) in [7, 11) is 0. The molecule has 0 unspecified atom stereocenters. The maximum atomic E-state index is 12.0. The fraction of sp³-hybridized carbons (Fsp3) is 0.0714. The summed E-state index contributed by atoms with van der Waals surface area (Å²) in [6, 6.07) is 10.4. The predicted octanol–water partition coefficient (Wildman–Crippen LogP) is 3.45. The molecule has 108 valence electrons. The molecule has 6 nitrogen and oxygen atoms in total. The van der Waals surface area contributed by atoms with Crippen molar-refractivity contribution in [1.82, 2.24) is 0 Å². The number of phenols is 1. The maximum Gasteiger partial charge on any atom is 0.273 e. The summed E-state index contributed by atoms with van der Waals surface area (Å²) in [4.78, 5) is 22.0. The van der Waals surface area contributed by atoms with Gasteiger partial charge in [0.2, 0.25) is 0 Å². The van der Waals surface area contributed by atoms with Gasteiger partial charge < -0.3 is 10.4 Å². The standard InChI is InChI=1S/C14H11BrN2O4/c15-8-9-1-3-10(4-2-9)14(19)16-12-6-5-11(17(20)21)7-13(12)18/h1-7,18H,8H2,(H,16,19). The first-order valence-electron chi connectivity index (χ1n) is 5.95. The van der Waals surface area contributed by atoms with Crippen molar-refractivity contribution in [3.63, 3.8) is 0 Å². The molecule has 0 heterocycles. The molecule has 2 rings (SSSR count). The minimum absolute atomic E-state index is 0.121. The zero-order valence-corrected chi connectivity index (χ0v) is 12.3. The van der Waals surface area contributed by atoms with Gasteiger partial charge in [-0.25, -0.2) is 0 Å². The van der Waals surface area contributed by atoms with Crippen LogP contribution in [0.15, 0.2) is 42.5 Å². The number of benzene rings is 2. The zero-order chi connectivity index (χ0) is 15.4. The number of nitrogens with zero attached hydrogens (tertiary/aromatic N) is 1. The molecule has 7 heteroatoms. The molecule has 2 aromatic rings. The Bertz CT molecular complexity index is 686. The van der Waals surface area contributed by atoms with Gasteiger partial charge in [0.1, 0.15) is 5.75 Å². The average molecular weight is 351 g/mol. The monoisotopic (exact) mass is 350 g/mol. The lowest BCUT2D eigenvalue weighted by atomic mass is 10.1. The van der Waals surface area contributed by atoms with Gasteiger partial charge in [-0.05, 0) is 23.8 Å². The van der Waals surface area contributed by atoms with E-state index in [1.165, 1.54) is 12.1 Å². The average Bonchev–Trinajstić information content (AvgIpc) is 2.49. The minimum atomic E-state index is -0.621. The van der Waals surface area contributed by atoms with E-state index in [0.29, 0.717) is 10.9 Å². The number of nitro groups is 1. The molecule has 0 aliphatic rings. The van der Waals surface area contributed by atoms with Gasteiger partial charge in [0, 0.05) is 17.0 Å². The third-order valence-electron chi connectivity index (χ3n) is 2.81. The lowest BCUT2D eigenvalue weighted by Crippen LogP contribution is -2.12. The maximum absolute atomic E-state index is 12.0. The fourth-order valence-electron chi connectivity index (χ4n) is 1.68. The number of non-ortho nitro benzene ring substituents is 1. The van der Waals surface area contributed by atoms with Crippen molar-refractivity contribution < 1.29 is 14.8 Å². The summed E-state index contributed by atoms with van der Waals surface area (Å²) < 4.78 is 0. The van der Waals surface area contributed by atoms with E-state index in [1.54, 1.807) is 24.3 Å². The van der Waals surface area contributed by atoms with Gasteiger partial charge in [0.15, 0.2) is 0 Å². The van der Waals surface area contributed by atoms with Crippen LogP contribution in [0.2, 0.25) is 0 Å². The molecule has 0 bridgehead atoms. The first kappa shape index (κ1) is 15.0. The van der Waals surface area contributed by atoms with E-state index in [4.69, 9.17) is 0 Å². The molecule has 2 N–H and O–H groups in total. The van der Waals surface area contributed by atoms with Gasteiger partial charge in [-0.15, -0.1) is 0 Å². The van der Waals surface area contributed by atoms with E-state index in [0.717, 1.165) is 11.6 Å². The summed E-state index contributed by atoms with van der Waals surface area (Å²) in [5, 5.41) is 23.5. The SMILES string of the molecule is O=C(Nc1ccc([N+](=O)[O-])cc1O)c1ccc(CBr)cc1. The smallest absolute Gasteiger partial charge is 0.273 e. The lowest BCUT2D eigenvalue weighted by Gasteiger charge is -2.07. The normalized spacial score (nSPS) is 10.1. The Morgan fingerprint density at radius 3 is 2.43 bits per heavy atom. The quantitative estimate of drug-likeness (QED) is 0.382.